The summed E-state index contributed by atoms with van der Waals surface area (Å²) in [5, 5.41) is 0. The highest BCUT2D eigenvalue weighted by Crippen LogP contribution is 2.13. The molecule has 1 saturated heterocycles. The molecule has 2 aromatic rings. The van der Waals surface area contributed by atoms with Crippen LogP contribution in [0.25, 0.3) is 0 Å². The molecule has 0 radical (unpaired) electrons. The minimum Gasteiger partial charge on any atom is -0.491 e. The molecule has 0 aromatic heterocycles. The molecule has 1 heterocycles. The van der Waals surface area contributed by atoms with Gasteiger partial charge in [0.2, 0.25) is 0 Å². The summed E-state index contributed by atoms with van der Waals surface area (Å²) in [6.45, 7) is 9.90. The number of benzene rings is 2. The van der Waals surface area contributed by atoms with Gasteiger partial charge in [-0.3, -0.25) is 0 Å². The SMILES string of the molecule is CC.CCc1ccc(CC)cc1.c1ccc(OCC2CO2)cc1. The van der Waals surface area contributed by atoms with E-state index < -0.39 is 0 Å². The van der Waals surface area contributed by atoms with Crippen LogP contribution in [-0.4, -0.2) is 19.3 Å². The van der Waals surface area contributed by atoms with Gasteiger partial charge in [-0.25, -0.2) is 0 Å². The summed E-state index contributed by atoms with van der Waals surface area (Å²) in [5.41, 5.74) is 2.86. The number of para-hydroxylation sites is 1. The number of ether oxygens (including phenoxy) is 2. The minimum atomic E-state index is 0.343. The molecule has 2 nitrogen and oxygen atoms in total. The third-order valence-electron chi connectivity index (χ3n) is 3.42. The second kappa shape index (κ2) is 11.7. The molecule has 3 rings (SSSR count). The molecule has 0 bridgehead atoms. The normalized spacial score (nSPS) is 14.7. The summed E-state index contributed by atoms with van der Waals surface area (Å²) in [6, 6.07) is 18.6. The van der Waals surface area contributed by atoms with Gasteiger partial charge in [-0.1, -0.05) is 70.2 Å². The standard InChI is InChI=1S/C10H14.C9H10O2.C2H6/c1-3-9-5-7-10(4-2)8-6-9;1-2-4-8(5-3-1)10-6-9-7-11-9;1-2/h5-8H,3-4H2,1-2H3;1-5,9H,6-7H2;1-2H3. The molecule has 1 aliphatic rings. The summed E-state index contributed by atoms with van der Waals surface area (Å²) in [5.74, 6) is 0.919. The zero-order valence-electron chi connectivity index (χ0n) is 14.9. The van der Waals surface area contributed by atoms with Crippen molar-refractivity contribution >= 4 is 0 Å². The molecule has 0 N–H and O–H groups in total. The second-order valence-electron chi connectivity index (χ2n) is 5.10. The average molecular weight is 314 g/mol. The number of aryl methyl sites for hydroxylation is 2. The molecule has 23 heavy (non-hydrogen) atoms. The first-order valence-corrected chi connectivity index (χ1v) is 8.69. The van der Waals surface area contributed by atoms with E-state index in [9.17, 15) is 0 Å². The van der Waals surface area contributed by atoms with E-state index in [2.05, 4.69) is 38.1 Å². The maximum atomic E-state index is 5.40. The molecule has 0 aliphatic carbocycles. The molecule has 1 fully saturated rings. The monoisotopic (exact) mass is 314 g/mol. The molecule has 126 valence electrons. The highest BCUT2D eigenvalue weighted by molar-refractivity contribution is 5.22. The van der Waals surface area contributed by atoms with Gasteiger partial charge < -0.3 is 9.47 Å². The smallest absolute Gasteiger partial charge is 0.119 e. The lowest BCUT2D eigenvalue weighted by atomic mass is 10.1. The maximum Gasteiger partial charge on any atom is 0.119 e. The molecule has 1 unspecified atom stereocenters. The van der Waals surface area contributed by atoms with E-state index >= 15 is 0 Å². The van der Waals surface area contributed by atoms with Gasteiger partial charge in [0.25, 0.3) is 0 Å². The van der Waals surface area contributed by atoms with E-state index in [0.29, 0.717) is 12.7 Å². The lowest BCUT2D eigenvalue weighted by Crippen LogP contribution is -2.03. The van der Waals surface area contributed by atoms with Crippen LogP contribution in [0.5, 0.6) is 5.75 Å². The van der Waals surface area contributed by atoms with Gasteiger partial charge in [-0.05, 0) is 36.1 Å². The Labute approximate surface area is 141 Å². The summed E-state index contributed by atoms with van der Waals surface area (Å²) >= 11 is 0. The first-order chi connectivity index (χ1) is 11.3. The van der Waals surface area contributed by atoms with Crippen LogP contribution in [0.15, 0.2) is 54.6 Å². The Bertz CT molecular complexity index is 478. The molecule has 2 aromatic carbocycles. The Morgan fingerprint density at radius 2 is 1.35 bits per heavy atom. The average Bonchev–Trinajstić information content (AvgIpc) is 3.48. The zero-order chi connectivity index (χ0) is 16.9. The van der Waals surface area contributed by atoms with Crippen LogP contribution in [-0.2, 0) is 17.6 Å². The van der Waals surface area contributed by atoms with Gasteiger partial charge in [0, 0.05) is 0 Å². The number of epoxide rings is 1. The van der Waals surface area contributed by atoms with Crippen LogP contribution in [0.2, 0.25) is 0 Å². The van der Waals surface area contributed by atoms with Crippen LogP contribution in [0.3, 0.4) is 0 Å². The summed E-state index contributed by atoms with van der Waals surface area (Å²) < 4.78 is 10.4. The van der Waals surface area contributed by atoms with Gasteiger partial charge in [0.15, 0.2) is 0 Å². The summed E-state index contributed by atoms with van der Waals surface area (Å²) in [4.78, 5) is 0. The molecule has 0 amide bonds. The molecular weight excluding hydrogens is 284 g/mol. The molecule has 0 spiro atoms. The van der Waals surface area contributed by atoms with Crippen LogP contribution in [0, 0.1) is 0 Å². The topological polar surface area (TPSA) is 21.8 Å². The Balaban J connectivity index is 0.000000209. The molecule has 1 atom stereocenters. The Hall–Kier alpha value is -1.80. The van der Waals surface area contributed by atoms with E-state index in [0.717, 1.165) is 25.2 Å². The van der Waals surface area contributed by atoms with Crippen molar-refractivity contribution in [2.45, 2.75) is 46.6 Å². The Kier molecular flexibility index (Phi) is 9.81. The fourth-order valence-electron chi connectivity index (χ4n) is 1.88. The maximum absolute atomic E-state index is 5.40. The van der Waals surface area contributed by atoms with Crippen molar-refractivity contribution in [3.63, 3.8) is 0 Å². The number of hydrogen-bond acceptors (Lipinski definition) is 2. The van der Waals surface area contributed by atoms with E-state index in [-0.39, 0.29) is 0 Å². The lowest BCUT2D eigenvalue weighted by Gasteiger charge is -2.01. The fourth-order valence-corrected chi connectivity index (χ4v) is 1.88. The third kappa shape index (κ3) is 8.41. The van der Waals surface area contributed by atoms with Gasteiger partial charge in [-0.2, -0.15) is 0 Å². The molecule has 0 saturated carbocycles. The van der Waals surface area contributed by atoms with Crippen molar-refractivity contribution in [1.82, 2.24) is 0 Å². The number of hydrogen-bond donors (Lipinski definition) is 0. The Morgan fingerprint density at radius 3 is 1.74 bits per heavy atom. The number of rotatable bonds is 5. The predicted molar refractivity (Wildman–Crippen MR) is 98.2 cm³/mol. The first-order valence-electron chi connectivity index (χ1n) is 8.69. The van der Waals surface area contributed by atoms with E-state index in [1.54, 1.807) is 0 Å². The highest BCUT2D eigenvalue weighted by Gasteiger charge is 2.22. The molecule has 1 aliphatic heterocycles. The van der Waals surface area contributed by atoms with Crippen LogP contribution >= 0.6 is 0 Å². The second-order valence-corrected chi connectivity index (χ2v) is 5.10. The summed E-state index contributed by atoms with van der Waals surface area (Å²) in [7, 11) is 0. The first kappa shape index (κ1) is 19.2. The predicted octanol–water partition coefficient (Wildman–Crippen LogP) is 5.30. The van der Waals surface area contributed by atoms with Gasteiger partial charge in [-0.15, -0.1) is 0 Å². The zero-order valence-corrected chi connectivity index (χ0v) is 14.9. The van der Waals surface area contributed by atoms with Crippen molar-refractivity contribution in [3.8, 4) is 5.75 Å². The Morgan fingerprint density at radius 1 is 0.870 bits per heavy atom. The quantitative estimate of drug-likeness (QED) is 0.698. The summed E-state index contributed by atoms with van der Waals surface area (Å²) in [6.07, 6.45) is 2.63. The van der Waals surface area contributed by atoms with Crippen molar-refractivity contribution < 1.29 is 9.47 Å². The minimum absolute atomic E-state index is 0.343. The van der Waals surface area contributed by atoms with Crippen LogP contribution in [0.4, 0.5) is 0 Å². The largest absolute Gasteiger partial charge is 0.491 e. The van der Waals surface area contributed by atoms with E-state index in [4.69, 9.17) is 9.47 Å². The van der Waals surface area contributed by atoms with Gasteiger partial charge in [0.05, 0.1) is 6.61 Å². The van der Waals surface area contributed by atoms with Gasteiger partial charge >= 0.3 is 0 Å². The van der Waals surface area contributed by atoms with Crippen molar-refractivity contribution in [3.05, 3.63) is 65.7 Å². The lowest BCUT2D eigenvalue weighted by molar-refractivity contribution is 0.263. The van der Waals surface area contributed by atoms with Crippen LogP contribution < -0.4 is 4.74 Å². The molecule has 2 heteroatoms. The third-order valence-corrected chi connectivity index (χ3v) is 3.42. The van der Waals surface area contributed by atoms with E-state index in [1.807, 2.05) is 44.2 Å². The van der Waals surface area contributed by atoms with Gasteiger partial charge in [0.1, 0.15) is 18.5 Å². The van der Waals surface area contributed by atoms with Crippen LogP contribution in [0.1, 0.15) is 38.8 Å². The molecular formula is C21H30O2. The highest BCUT2D eigenvalue weighted by atomic mass is 16.6. The van der Waals surface area contributed by atoms with Crippen molar-refractivity contribution in [1.29, 1.82) is 0 Å². The fraction of sp³-hybridized carbons (Fsp3) is 0.429. The van der Waals surface area contributed by atoms with E-state index in [1.165, 1.54) is 11.1 Å². The van der Waals surface area contributed by atoms with Crippen molar-refractivity contribution in [2.75, 3.05) is 13.2 Å². The van der Waals surface area contributed by atoms with Crippen molar-refractivity contribution in [2.24, 2.45) is 0 Å².